The number of ether oxygens (including phenoxy) is 3. The number of ketones is 1. The summed E-state index contributed by atoms with van der Waals surface area (Å²) in [5, 5.41) is 10.8. The third-order valence-corrected chi connectivity index (χ3v) is 5.80. The first-order valence-electron chi connectivity index (χ1n) is 10.8. The van der Waals surface area contributed by atoms with Crippen molar-refractivity contribution in [1.29, 1.82) is 0 Å². The molecule has 0 bridgehead atoms. The molecule has 2 aliphatic heterocycles. The Hall–Kier alpha value is -3.52. The summed E-state index contributed by atoms with van der Waals surface area (Å²) in [6.45, 7) is 6.53. The number of amides is 1. The van der Waals surface area contributed by atoms with E-state index in [9.17, 15) is 14.7 Å². The van der Waals surface area contributed by atoms with Crippen LogP contribution in [0.4, 0.5) is 0 Å². The van der Waals surface area contributed by atoms with Crippen LogP contribution in [0.1, 0.15) is 40.8 Å². The van der Waals surface area contributed by atoms with Crippen LogP contribution < -0.4 is 9.47 Å². The lowest BCUT2D eigenvalue weighted by Gasteiger charge is -2.29. The number of aliphatic hydroxyl groups is 1. The summed E-state index contributed by atoms with van der Waals surface area (Å²) in [6, 6.07) is 7.53. The van der Waals surface area contributed by atoms with E-state index in [4.69, 9.17) is 18.6 Å². The fourth-order valence-electron chi connectivity index (χ4n) is 4.24. The first-order valence-corrected chi connectivity index (χ1v) is 10.8. The topological polar surface area (TPSA) is 98.4 Å². The fraction of sp³-hybridized carbons (Fsp3) is 0.360. The molecule has 1 amide bonds. The van der Waals surface area contributed by atoms with Crippen molar-refractivity contribution in [3.63, 3.8) is 0 Å². The minimum Gasteiger partial charge on any atom is -0.503 e. The number of nitrogens with zero attached hydrogens (tertiary/aromatic N) is 1. The minimum atomic E-state index is -0.832. The van der Waals surface area contributed by atoms with Gasteiger partial charge in [0.1, 0.15) is 12.4 Å². The smallest absolute Gasteiger partial charge is 0.290 e. The van der Waals surface area contributed by atoms with Gasteiger partial charge < -0.3 is 28.6 Å². The summed E-state index contributed by atoms with van der Waals surface area (Å²) in [7, 11) is 1.51. The van der Waals surface area contributed by atoms with E-state index in [-0.39, 0.29) is 24.0 Å². The monoisotopic (exact) mass is 453 g/mol. The fourth-order valence-corrected chi connectivity index (χ4v) is 4.24. The summed E-state index contributed by atoms with van der Waals surface area (Å²) < 4.78 is 22.3. The van der Waals surface area contributed by atoms with Crippen molar-refractivity contribution in [2.45, 2.75) is 31.9 Å². The number of furan rings is 1. The number of Topliss-reactive ketones (excluding diaryl/α,β-unsaturated/α-hetero) is 1. The molecule has 0 spiro atoms. The van der Waals surface area contributed by atoms with Crippen molar-refractivity contribution in [3.05, 3.63) is 71.4 Å². The molecular weight excluding hydrogens is 426 g/mol. The molecule has 8 heteroatoms. The molecule has 2 aliphatic rings. The maximum absolute atomic E-state index is 13.4. The number of aryl methyl sites for hydroxylation is 1. The van der Waals surface area contributed by atoms with Crippen LogP contribution in [0.5, 0.6) is 11.5 Å². The largest absolute Gasteiger partial charge is 0.503 e. The number of benzene rings is 1. The van der Waals surface area contributed by atoms with Crippen LogP contribution in [0.3, 0.4) is 0 Å². The maximum atomic E-state index is 13.4. The lowest BCUT2D eigenvalue weighted by Crippen LogP contribution is -2.37. The average molecular weight is 453 g/mol. The van der Waals surface area contributed by atoms with Gasteiger partial charge in [-0.15, -0.1) is 0 Å². The van der Waals surface area contributed by atoms with Crippen LogP contribution in [0.15, 0.2) is 58.7 Å². The Balaban J connectivity index is 1.76. The molecule has 33 heavy (non-hydrogen) atoms. The molecule has 1 saturated heterocycles. The third-order valence-electron chi connectivity index (χ3n) is 5.80. The first kappa shape index (κ1) is 22.7. The van der Waals surface area contributed by atoms with Gasteiger partial charge in [-0.2, -0.15) is 0 Å². The van der Waals surface area contributed by atoms with Crippen molar-refractivity contribution < 1.29 is 33.3 Å². The van der Waals surface area contributed by atoms with E-state index in [1.165, 1.54) is 18.1 Å². The zero-order valence-electron chi connectivity index (χ0n) is 18.7. The Labute approximate surface area is 192 Å². The number of carbonyl (C=O) groups excluding carboxylic acids is 2. The van der Waals surface area contributed by atoms with Gasteiger partial charge in [0.05, 0.1) is 24.8 Å². The highest BCUT2D eigenvalue weighted by Crippen LogP contribution is 2.42. The lowest BCUT2D eigenvalue weighted by molar-refractivity contribution is -0.131. The lowest BCUT2D eigenvalue weighted by atomic mass is 9.94. The highest BCUT2D eigenvalue weighted by atomic mass is 16.5. The van der Waals surface area contributed by atoms with Gasteiger partial charge in [-0.1, -0.05) is 18.7 Å². The summed E-state index contributed by atoms with van der Waals surface area (Å²) >= 11 is 0. The van der Waals surface area contributed by atoms with E-state index >= 15 is 0 Å². The molecule has 1 aromatic heterocycles. The zero-order chi connectivity index (χ0) is 23.5. The van der Waals surface area contributed by atoms with Gasteiger partial charge in [0, 0.05) is 13.2 Å². The van der Waals surface area contributed by atoms with Gasteiger partial charge in [-0.05, 0) is 49.6 Å². The van der Waals surface area contributed by atoms with Crippen molar-refractivity contribution in [1.82, 2.24) is 4.90 Å². The van der Waals surface area contributed by atoms with Crippen molar-refractivity contribution >= 4 is 11.7 Å². The molecule has 1 aromatic carbocycles. The van der Waals surface area contributed by atoms with E-state index in [2.05, 4.69) is 6.58 Å². The molecule has 2 unspecified atom stereocenters. The average Bonchev–Trinajstić information content (AvgIpc) is 3.54. The van der Waals surface area contributed by atoms with Gasteiger partial charge in [-0.3, -0.25) is 9.59 Å². The second-order valence-electron chi connectivity index (χ2n) is 8.01. The molecule has 4 rings (SSSR count). The first-order chi connectivity index (χ1) is 15.9. The predicted molar refractivity (Wildman–Crippen MR) is 120 cm³/mol. The Kier molecular flexibility index (Phi) is 6.55. The van der Waals surface area contributed by atoms with E-state index in [1.807, 2.05) is 0 Å². The standard InChI is InChI=1S/C25H27NO7/c1-4-11-32-18-10-8-16(13-20(18)30-3)22-21(23(27)19-9-7-15(2)33-19)24(28)25(29)26(22)14-17-6-5-12-31-17/h4,7-10,13,17,22,28H,1,5-6,11-12,14H2,2-3H3. The van der Waals surface area contributed by atoms with E-state index in [1.54, 1.807) is 37.3 Å². The maximum Gasteiger partial charge on any atom is 0.290 e. The Morgan fingerprint density at radius 3 is 2.76 bits per heavy atom. The van der Waals surface area contributed by atoms with E-state index in [0.29, 0.717) is 36.0 Å². The molecule has 1 fully saturated rings. The molecule has 0 saturated carbocycles. The van der Waals surface area contributed by atoms with Gasteiger partial charge in [0.25, 0.3) is 5.91 Å². The molecule has 0 aliphatic carbocycles. The SMILES string of the molecule is C=CCOc1ccc(C2C(C(=O)c3ccc(C)o3)=C(O)C(=O)N2CC2CCCO2)cc1OC. The molecule has 1 N–H and O–H groups in total. The molecule has 2 aromatic rings. The van der Waals surface area contributed by atoms with Crippen LogP contribution in [-0.4, -0.2) is 54.7 Å². The number of methoxy groups -OCH3 is 1. The van der Waals surface area contributed by atoms with Crippen molar-refractivity contribution in [2.24, 2.45) is 0 Å². The number of rotatable bonds is 9. The molecular formula is C25H27NO7. The number of hydrogen-bond acceptors (Lipinski definition) is 7. The molecule has 8 nitrogen and oxygen atoms in total. The Bertz CT molecular complexity index is 1090. The van der Waals surface area contributed by atoms with Gasteiger partial charge in [0.15, 0.2) is 23.0 Å². The van der Waals surface area contributed by atoms with Crippen LogP contribution in [0.25, 0.3) is 0 Å². The van der Waals surface area contributed by atoms with Gasteiger partial charge in [-0.25, -0.2) is 0 Å². The summed E-state index contributed by atoms with van der Waals surface area (Å²) in [5.41, 5.74) is 0.564. The number of aliphatic hydroxyl groups excluding tert-OH is 1. The van der Waals surface area contributed by atoms with Crippen LogP contribution in [0.2, 0.25) is 0 Å². The Morgan fingerprint density at radius 2 is 2.12 bits per heavy atom. The van der Waals surface area contributed by atoms with Crippen molar-refractivity contribution in [3.8, 4) is 11.5 Å². The highest BCUT2D eigenvalue weighted by Gasteiger charge is 2.45. The second-order valence-corrected chi connectivity index (χ2v) is 8.01. The number of hydrogen-bond donors (Lipinski definition) is 1. The van der Waals surface area contributed by atoms with Gasteiger partial charge >= 0.3 is 0 Å². The quantitative estimate of drug-likeness (QED) is 0.454. The van der Waals surface area contributed by atoms with Crippen molar-refractivity contribution in [2.75, 3.05) is 26.9 Å². The second kappa shape index (κ2) is 9.54. The molecule has 3 heterocycles. The Morgan fingerprint density at radius 1 is 1.30 bits per heavy atom. The molecule has 0 radical (unpaired) electrons. The summed E-state index contributed by atoms with van der Waals surface area (Å²) in [5.74, 6) is -0.190. The molecule has 174 valence electrons. The molecule has 2 atom stereocenters. The number of carbonyl (C=O) groups is 2. The predicted octanol–water partition coefficient (Wildman–Crippen LogP) is 3.92. The highest BCUT2D eigenvalue weighted by molar-refractivity contribution is 6.15. The van der Waals surface area contributed by atoms with Crippen LogP contribution in [-0.2, 0) is 9.53 Å². The zero-order valence-corrected chi connectivity index (χ0v) is 18.7. The normalized spacial score (nSPS) is 20.4. The summed E-state index contributed by atoms with van der Waals surface area (Å²) in [6.07, 6.45) is 3.16. The minimum absolute atomic E-state index is 0.0332. The van der Waals surface area contributed by atoms with E-state index < -0.39 is 23.5 Å². The van der Waals surface area contributed by atoms with E-state index in [0.717, 1.165) is 12.8 Å². The van der Waals surface area contributed by atoms with Gasteiger partial charge in [0.2, 0.25) is 5.78 Å². The third kappa shape index (κ3) is 4.39. The summed E-state index contributed by atoms with van der Waals surface area (Å²) in [4.78, 5) is 27.9. The van der Waals surface area contributed by atoms with Crippen LogP contribution in [0, 0.1) is 6.92 Å². The van der Waals surface area contributed by atoms with Crippen LogP contribution >= 0.6 is 0 Å².